The number of carbonyl (C=O) groups excluding carboxylic acids is 2. The van der Waals surface area contributed by atoms with Crippen LogP contribution in [0.4, 0.5) is 0 Å². The van der Waals surface area contributed by atoms with Crippen LogP contribution in [0.5, 0.6) is 0 Å². The quantitative estimate of drug-likeness (QED) is 0.566. The largest absolute Gasteiger partial charge is 0.477 e. The number of carbonyl (C=O) groups is 3. The average molecular weight is 287 g/mol. The molecule has 1 amide bonds. The third-order valence-corrected chi connectivity index (χ3v) is 4.22. The topological polar surface area (TPSA) is 93.1 Å². The minimum atomic E-state index is -1.20. The molecule has 1 unspecified atom stereocenters. The summed E-state index contributed by atoms with van der Waals surface area (Å²) in [6.07, 6.45) is -0.602. The molecule has 0 radical (unpaired) electrons. The van der Waals surface area contributed by atoms with Gasteiger partial charge in [-0.1, -0.05) is 0 Å². The van der Waals surface area contributed by atoms with Crippen molar-refractivity contribution in [3.05, 3.63) is 11.3 Å². The fourth-order valence-corrected chi connectivity index (χ4v) is 3.38. The van der Waals surface area contributed by atoms with Gasteiger partial charge in [0.05, 0.1) is 0 Å². The molecule has 1 N–H and O–H groups in total. The van der Waals surface area contributed by atoms with Gasteiger partial charge in [-0.2, -0.15) is 0 Å². The highest BCUT2D eigenvalue weighted by atomic mass is 32.2. The Balaban J connectivity index is 2.25. The molecule has 2 heterocycles. The van der Waals surface area contributed by atoms with Gasteiger partial charge in [0.1, 0.15) is 17.7 Å². The first-order chi connectivity index (χ1) is 8.97. The Labute approximate surface area is 113 Å². The van der Waals surface area contributed by atoms with Crippen molar-refractivity contribution in [3.8, 4) is 0 Å². The van der Waals surface area contributed by atoms with E-state index in [1.54, 1.807) is 0 Å². The molecule has 7 nitrogen and oxygen atoms in total. The summed E-state index contributed by atoms with van der Waals surface area (Å²) < 4.78 is 9.83. The van der Waals surface area contributed by atoms with Crippen LogP contribution in [0.25, 0.3) is 0 Å². The van der Waals surface area contributed by atoms with Gasteiger partial charge < -0.3 is 14.6 Å². The van der Waals surface area contributed by atoms with Crippen LogP contribution in [0, 0.1) is 0 Å². The van der Waals surface area contributed by atoms with Crippen molar-refractivity contribution in [2.45, 2.75) is 18.4 Å². The van der Waals surface area contributed by atoms with Gasteiger partial charge in [-0.25, -0.2) is 4.79 Å². The first kappa shape index (κ1) is 13.9. The Morgan fingerprint density at radius 2 is 2.21 bits per heavy atom. The SMILES string of the molecule is CO[C@@H]1C(=O)N2C(C(=O)O)=C(COC(C)=O)CSC12. The molecule has 0 aromatic heterocycles. The monoisotopic (exact) mass is 287 g/mol. The van der Waals surface area contributed by atoms with Crippen LogP contribution in [0.1, 0.15) is 6.92 Å². The number of aliphatic carboxylic acids is 1. The van der Waals surface area contributed by atoms with Crippen LogP contribution >= 0.6 is 11.8 Å². The predicted molar refractivity (Wildman–Crippen MR) is 65.2 cm³/mol. The molecule has 2 aliphatic heterocycles. The van der Waals surface area contributed by atoms with Crippen LogP contribution in [0.3, 0.4) is 0 Å². The highest BCUT2D eigenvalue weighted by Crippen LogP contribution is 2.41. The Hall–Kier alpha value is -1.54. The second kappa shape index (κ2) is 5.22. The fraction of sp³-hybridized carbons (Fsp3) is 0.545. The summed E-state index contributed by atoms with van der Waals surface area (Å²) >= 11 is 1.40. The Kier molecular flexibility index (Phi) is 3.81. The van der Waals surface area contributed by atoms with Crippen molar-refractivity contribution in [2.24, 2.45) is 0 Å². The third kappa shape index (κ3) is 2.33. The Morgan fingerprint density at radius 1 is 1.53 bits per heavy atom. The summed E-state index contributed by atoms with van der Waals surface area (Å²) in [6.45, 7) is 1.13. The number of hydrogen-bond donors (Lipinski definition) is 1. The number of ether oxygens (including phenoxy) is 2. The number of esters is 1. The van der Waals surface area contributed by atoms with Crippen molar-refractivity contribution in [2.75, 3.05) is 19.5 Å². The van der Waals surface area contributed by atoms with E-state index in [2.05, 4.69) is 0 Å². The molecule has 0 spiro atoms. The zero-order valence-corrected chi connectivity index (χ0v) is 11.2. The zero-order valence-electron chi connectivity index (χ0n) is 10.4. The van der Waals surface area contributed by atoms with Crippen molar-refractivity contribution >= 4 is 29.6 Å². The van der Waals surface area contributed by atoms with Crippen LogP contribution in [-0.4, -0.2) is 58.8 Å². The molecule has 8 heteroatoms. The molecule has 0 aromatic rings. The number of fused-ring (bicyclic) bond motifs is 1. The van der Waals surface area contributed by atoms with Crippen LogP contribution in [0.15, 0.2) is 11.3 Å². The van der Waals surface area contributed by atoms with E-state index in [9.17, 15) is 19.5 Å². The second-order valence-corrected chi connectivity index (χ2v) is 5.21. The lowest BCUT2D eigenvalue weighted by Gasteiger charge is -2.48. The van der Waals surface area contributed by atoms with Gasteiger partial charge in [-0.05, 0) is 0 Å². The van der Waals surface area contributed by atoms with Gasteiger partial charge in [0.25, 0.3) is 5.91 Å². The lowest BCUT2D eigenvalue weighted by molar-refractivity contribution is -0.162. The fourth-order valence-electron chi connectivity index (χ4n) is 2.03. The van der Waals surface area contributed by atoms with E-state index in [4.69, 9.17) is 9.47 Å². The molecule has 2 aliphatic rings. The molecule has 1 fully saturated rings. The molecule has 104 valence electrons. The summed E-state index contributed by atoms with van der Waals surface area (Å²) in [4.78, 5) is 35.1. The predicted octanol–water partition coefficient (Wildman–Crippen LogP) is -0.182. The number of methoxy groups -OCH3 is 1. The summed E-state index contributed by atoms with van der Waals surface area (Å²) in [6, 6.07) is 0. The molecular weight excluding hydrogens is 274 g/mol. The third-order valence-electron chi connectivity index (χ3n) is 2.90. The van der Waals surface area contributed by atoms with Crippen molar-refractivity contribution in [1.82, 2.24) is 4.90 Å². The maximum Gasteiger partial charge on any atom is 0.352 e. The molecule has 0 saturated carbocycles. The maximum absolute atomic E-state index is 11.8. The van der Waals surface area contributed by atoms with Gasteiger partial charge in [0.15, 0.2) is 6.10 Å². The molecule has 2 atom stereocenters. The number of rotatable bonds is 4. The van der Waals surface area contributed by atoms with Crippen molar-refractivity contribution in [3.63, 3.8) is 0 Å². The van der Waals surface area contributed by atoms with E-state index in [-0.39, 0.29) is 23.6 Å². The molecule has 0 aliphatic carbocycles. The van der Waals surface area contributed by atoms with Gasteiger partial charge >= 0.3 is 11.9 Å². The lowest BCUT2D eigenvalue weighted by atomic mass is 10.1. The second-order valence-electron chi connectivity index (χ2n) is 4.10. The number of carboxylic acid groups (broad SMARTS) is 1. The van der Waals surface area contributed by atoms with Crippen LogP contribution < -0.4 is 0 Å². The summed E-state index contributed by atoms with van der Waals surface area (Å²) in [5.41, 5.74) is 0.329. The van der Waals surface area contributed by atoms with E-state index < -0.39 is 18.0 Å². The number of carboxylic acids is 1. The normalized spacial score (nSPS) is 25.8. The first-order valence-electron chi connectivity index (χ1n) is 5.53. The molecule has 0 bridgehead atoms. The van der Waals surface area contributed by atoms with E-state index in [1.807, 2.05) is 0 Å². The highest BCUT2D eigenvalue weighted by molar-refractivity contribution is 8.00. The summed E-state index contributed by atoms with van der Waals surface area (Å²) in [5.74, 6) is -1.68. The minimum Gasteiger partial charge on any atom is -0.477 e. The minimum absolute atomic E-state index is 0.0942. The van der Waals surface area contributed by atoms with Gasteiger partial charge in [-0.3, -0.25) is 14.5 Å². The number of thioether (sulfide) groups is 1. The zero-order chi connectivity index (χ0) is 14.2. The van der Waals surface area contributed by atoms with E-state index in [1.165, 1.54) is 30.7 Å². The molecular formula is C11H13NO6S. The van der Waals surface area contributed by atoms with Crippen LogP contribution in [-0.2, 0) is 23.9 Å². The van der Waals surface area contributed by atoms with Crippen molar-refractivity contribution < 1.29 is 29.0 Å². The molecule has 1 saturated heterocycles. The number of hydrogen-bond acceptors (Lipinski definition) is 6. The van der Waals surface area contributed by atoms with Gasteiger partial charge in [0, 0.05) is 25.4 Å². The number of amides is 1. The number of nitrogens with zero attached hydrogens (tertiary/aromatic N) is 1. The van der Waals surface area contributed by atoms with E-state index in [0.717, 1.165) is 0 Å². The standard InChI is InChI=1S/C11H13NO6S/c1-5(13)18-3-6-4-19-10-8(17-2)9(14)12(10)7(6)11(15)16/h8,10H,3-4H2,1-2H3,(H,15,16)/t8-,10?/m1/s1. The van der Waals surface area contributed by atoms with E-state index >= 15 is 0 Å². The molecule has 2 rings (SSSR count). The molecule has 19 heavy (non-hydrogen) atoms. The highest BCUT2D eigenvalue weighted by Gasteiger charge is 2.54. The van der Waals surface area contributed by atoms with Crippen LogP contribution in [0.2, 0.25) is 0 Å². The first-order valence-corrected chi connectivity index (χ1v) is 6.58. The Morgan fingerprint density at radius 3 is 2.74 bits per heavy atom. The molecule has 0 aromatic carbocycles. The van der Waals surface area contributed by atoms with E-state index in [0.29, 0.717) is 11.3 Å². The maximum atomic E-state index is 11.8. The number of β-lactam (4-membered cyclic amide) rings is 1. The summed E-state index contributed by atoms with van der Waals surface area (Å²) in [7, 11) is 1.42. The summed E-state index contributed by atoms with van der Waals surface area (Å²) in [5, 5.41) is 8.92. The smallest absolute Gasteiger partial charge is 0.352 e. The van der Waals surface area contributed by atoms with Gasteiger partial charge in [0.2, 0.25) is 0 Å². The lowest BCUT2D eigenvalue weighted by Crippen LogP contribution is -2.65. The van der Waals surface area contributed by atoms with Gasteiger partial charge in [-0.15, -0.1) is 11.8 Å². The van der Waals surface area contributed by atoms with Crippen molar-refractivity contribution in [1.29, 1.82) is 0 Å². The average Bonchev–Trinajstić information content (AvgIpc) is 2.35. The Bertz CT molecular complexity index is 474.